The molecule has 0 fully saturated rings. The molecule has 0 unspecified atom stereocenters. The molecule has 0 spiro atoms. The van der Waals surface area contributed by atoms with Gasteiger partial charge in [0.25, 0.3) is 17.4 Å². The van der Waals surface area contributed by atoms with E-state index in [1.807, 2.05) is 0 Å². The molecule has 9 heteroatoms. The van der Waals surface area contributed by atoms with Crippen LogP contribution in [0.15, 0.2) is 47.4 Å². The van der Waals surface area contributed by atoms with Crippen LogP contribution in [-0.4, -0.2) is 16.6 Å². The van der Waals surface area contributed by atoms with Gasteiger partial charge in [-0.05, 0) is 36.4 Å². The molecule has 0 aliphatic rings. The highest BCUT2D eigenvalue weighted by Gasteiger charge is 2.20. The fraction of sp³-hybridized carbons (Fsp3) is 0.0714. The first-order chi connectivity index (χ1) is 10.9. The van der Waals surface area contributed by atoms with Gasteiger partial charge >= 0.3 is 0 Å². The van der Waals surface area contributed by atoms with E-state index in [0.29, 0.717) is 22.3 Å². The summed E-state index contributed by atoms with van der Waals surface area (Å²) in [6.07, 6.45) is 0. The highest BCUT2D eigenvalue weighted by molar-refractivity contribution is 7.99. The second-order valence-corrected chi connectivity index (χ2v) is 5.78. The van der Waals surface area contributed by atoms with Crippen molar-refractivity contribution in [3.63, 3.8) is 0 Å². The fourth-order valence-electron chi connectivity index (χ4n) is 1.77. The summed E-state index contributed by atoms with van der Waals surface area (Å²) in [6.45, 7) is 0. The Morgan fingerprint density at radius 3 is 2.43 bits per heavy atom. The summed E-state index contributed by atoms with van der Waals surface area (Å²) in [5.41, 5.74) is -0.233. The molecule has 0 heterocycles. The maximum absolute atomic E-state index is 12.2. The minimum atomic E-state index is -2.54. The van der Waals surface area contributed by atoms with E-state index in [4.69, 9.17) is 11.6 Å². The van der Waals surface area contributed by atoms with E-state index in [1.54, 1.807) is 0 Å². The van der Waals surface area contributed by atoms with Crippen molar-refractivity contribution < 1.29 is 18.5 Å². The van der Waals surface area contributed by atoms with Crippen molar-refractivity contribution in [1.82, 2.24) is 0 Å². The third-order valence-electron chi connectivity index (χ3n) is 2.74. The van der Waals surface area contributed by atoms with Gasteiger partial charge in [0, 0.05) is 21.7 Å². The third-order valence-corrected chi connectivity index (χ3v) is 3.70. The molecule has 2 aromatic rings. The van der Waals surface area contributed by atoms with Crippen LogP contribution in [0.25, 0.3) is 0 Å². The smallest absolute Gasteiger partial charge is 0.288 e. The van der Waals surface area contributed by atoms with Crippen molar-refractivity contribution in [2.45, 2.75) is 10.7 Å². The van der Waals surface area contributed by atoms with Crippen LogP contribution < -0.4 is 5.32 Å². The lowest BCUT2D eigenvalue weighted by Crippen LogP contribution is -2.13. The Labute approximate surface area is 138 Å². The normalized spacial score (nSPS) is 10.6. The first kappa shape index (κ1) is 17.2. The largest absolute Gasteiger partial charge is 0.322 e. The molecular formula is C14H9ClF2N2O3S. The number of hydrogen-bond acceptors (Lipinski definition) is 4. The Kier molecular flexibility index (Phi) is 5.51. The number of benzene rings is 2. The van der Waals surface area contributed by atoms with Crippen molar-refractivity contribution in [2.24, 2.45) is 0 Å². The van der Waals surface area contributed by atoms with Gasteiger partial charge in [-0.3, -0.25) is 14.9 Å². The number of amides is 1. The molecular weight excluding hydrogens is 350 g/mol. The zero-order chi connectivity index (χ0) is 17.0. The predicted molar refractivity (Wildman–Crippen MR) is 84.4 cm³/mol. The first-order valence-corrected chi connectivity index (χ1v) is 7.43. The number of carbonyl (C=O) groups is 1. The quantitative estimate of drug-likeness (QED) is 0.472. The van der Waals surface area contributed by atoms with Crippen molar-refractivity contribution in [1.29, 1.82) is 0 Å². The number of nitrogens with zero attached hydrogens (tertiary/aromatic N) is 1. The molecule has 0 atom stereocenters. The summed E-state index contributed by atoms with van der Waals surface area (Å²) >= 11 is 6.07. The number of hydrogen-bond donors (Lipinski definition) is 1. The molecule has 0 aromatic heterocycles. The second kappa shape index (κ2) is 7.38. The van der Waals surface area contributed by atoms with Crippen molar-refractivity contribution >= 4 is 40.6 Å². The van der Waals surface area contributed by atoms with Gasteiger partial charge in [-0.1, -0.05) is 23.4 Å². The van der Waals surface area contributed by atoms with Gasteiger partial charge in [0.15, 0.2) is 0 Å². The molecule has 23 heavy (non-hydrogen) atoms. The molecule has 0 bridgehead atoms. The molecule has 5 nitrogen and oxygen atoms in total. The van der Waals surface area contributed by atoms with Gasteiger partial charge in [-0.15, -0.1) is 0 Å². The molecule has 1 N–H and O–H groups in total. The van der Waals surface area contributed by atoms with Crippen molar-refractivity contribution in [2.75, 3.05) is 5.32 Å². The van der Waals surface area contributed by atoms with Crippen LogP contribution in [0.2, 0.25) is 5.02 Å². The summed E-state index contributed by atoms with van der Waals surface area (Å²) in [7, 11) is 0. The minimum absolute atomic E-state index is 0.140. The van der Waals surface area contributed by atoms with Gasteiger partial charge in [0.1, 0.15) is 5.56 Å². The number of carbonyl (C=O) groups excluding carboxylic acids is 1. The fourth-order valence-corrected chi connectivity index (χ4v) is 2.43. The van der Waals surface area contributed by atoms with E-state index in [0.717, 1.165) is 6.07 Å². The number of nitrogens with one attached hydrogen (secondary N) is 1. The Balaban J connectivity index is 2.18. The number of anilines is 1. The van der Waals surface area contributed by atoms with Gasteiger partial charge < -0.3 is 5.32 Å². The second-order valence-electron chi connectivity index (χ2n) is 4.28. The zero-order valence-corrected chi connectivity index (χ0v) is 12.9. The molecule has 0 saturated heterocycles. The van der Waals surface area contributed by atoms with Crippen LogP contribution in [0.4, 0.5) is 20.2 Å². The highest BCUT2D eigenvalue weighted by atomic mass is 35.5. The third kappa shape index (κ3) is 4.64. The maximum atomic E-state index is 12.2. The Bertz CT molecular complexity index is 741. The van der Waals surface area contributed by atoms with E-state index < -0.39 is 22.3 Å². The van der Waals surface area contributed by atoms with Crippen LogP contribution in [0, 0.1) is 10.1 Å². The van der Waals surface area contributed by atoms with Crippen LogP contribution >= 0.6 is 23.4 Å². The molecule has 0 radical (unpaired) electrons. The Hall–Kier alpha value is -2.19. The predicted octanol–water partition coefficient (Wildman–Crippen LogP) is 4.82. The molecule has 0 aliphatic heterocycles. The van der Waals surface area contributed by atoms with Gasteiger partial charge in [0.05, 0.1) is 4.92 Å². The van der Waals surface area contributed by atoms with E-state index in [1.165, 1.54) is 36.4 Å². The summed E-state index contributed by atoms with van der Waals surface area (Å²) in [6, 6.07) is 9.40. The Morgan fingerprint density at radius 1 is 1.22 bits per heavy atom. The van der Waals surface area contributed by atoms with E-state index in [-0.39, 0.29) is 10.6 Å². The van der Waals surface area contributed by atoms with E-state index >= 15 is 0 Å². The van der Waals surface area contributed by atoms with Crippen LogP contribution in [0.3, 0.4) is 0 Å². The van der Waals surface area contributed by atoms with E-state index in [2.05, 4.69) is 5.32 Å². The zero-order valence-electron chi connectivity index (χ0n) is 11.3. The van der Waals surface area contributed by atoms with Crippen LogP contribution in [0.5, 0.6) is 0 Å². The van der Waals surface area contributed by atoms with Gasteiger partial charge in [-0.25, -0.2) is 0 Å². The lowest BCUT2D eigenvalue weighted by atomic mass is 10.1. The summed E-state index contributed by atoms with van der Waals surface area (Å²) < 4.78 is 24.4. The standard InChI is InChI=1S/C14H9ClF2N2O3S/c15-8-1-6-11(12(7-8)19(21)22)13(20)18-9-2-4-10(5-3-9)23-14(16)17/h1-7,14H,(H,18,20). The van der Waals surface area contributed by atoms with Crippen LogP contribution in [0.1, 0.15) is 10.4 Å². The van der Waals surface area contributed by atoms with Crippen molar-refractivity contribution in [3.05, 3.63) is 63.2 Å². The number of thioether (sulfide) groups is 1. The maximum Gasteiger partial charge on any atom is 0.288 e. The molecule has 2 aromatic carbocycles. The average molecular weight is 359 g/mol. The monoisotopic (exact) mass is 358 g/mol. The Morgan fingerprint density at radius 2 is 1.87 bits per heavy atom. The molecule has 2 rings (SSSR count). The number of alkyl halides is 2. The average Bonchev–Trinajstić information content (AvgIpc) is 2.48. The van der Waals surface area contributed by atoms with Crippen molar-refractivity contribution in [3.8, 4) is 0 Å². The molecule has 1 amide bonds. The number of nitro groups is 1. The highest BCUT2D eigenvalue weighted by Crippen LogP contribution is 2.27. The topological polar surface area (TPSA) is 72.2 Å². The minimum Gasteiger partial charge on any atom is -0.322 e. The van der Waals surface area contributed by atoms with E-state index in [9.17, 15) is 23.7 Å². The molecule has 0 aliphatic carbocycles. The summed E-state index contributed by atoms with van der Waals surface area (Å²) in [5.74, 6) is -3.23. The molecule has 0 saturated carbocycles. The van der Waals surface area contributed by atoms with Gasteiger partial charge in [-0.2, -0.15) is 8.78 Å². The summed E-state index contributed by atoms with van der Waals surface area (Å²) in [5, 5.41) is 13.6. The number of rotatable bonds is 5. The lowest BCUT2D eigenvalue weighted by molar-refractivity contribution is -0.385. The number of nitro benzene ring substituents is 1. The SMILES string of the molecule is O=C(Nc1ccc(SC(F)F)cc1)c1ccc(Cl)cc1[N+](=O)[O-]. The van der Waals surface area contributed by atoms with Crippen LogP contribution in [-0.2, 0) is 0 Å². The molecule has 120 valence electrons. The summed E-state index contributed by atoms with van der Waals surface area (Å²) in [4.78, 5) is 22.7. The van der Waals surface area contributed by atoms with Gasteiger partial charge in [0.2, 0.25) is 0 Å². The first-order valence-electron chi connectivity index (χ1n) is 6.17. The number of halogens is 3. The lowest BCUT2D eigenvalue weighted by Gasteiger charge is -2.07.